The average Bonchev–Trinajstić information content (AvgIpc) is 2.91. The Balaban J connectivity index is 0.000000745. The molecule has 0 spiro atoms. The first-order valence-electron chi connectivity index (χ1n) is 12.3. The molecule has 0 aromatic heterocycles. The van der Waals surface area contributed by atoms with Crippen LogP contribution in [0.5, 0.6) is 0 Å². The molecule has 0 aliphatic rings. The summed E-state index contributed by atoms with van der Waals surface area (Å²) in [5.74, 6) is -4.07. The number of hydrogen-bond donors (Lipinski definition) is 3. The Hall–Kier alpha value is -4.39. The SMILES string of the molecule is CCCCN(Cc1ccccc1)c1ccc(C(=O)O)cc1NS(=O)(=O)c1ccc(C(C)=O)cc1.O=C(O)C(F)(F)F. The molecule has 0 heterocycles. The van der Waals surface area contributed by atoms with Gasteiger partial charge in [-0.3, -0.25) is 9.52 Å². The van der Waals surface area contributed by atoms with Gasteiger partial charge in [-0.25, -0.2) is 18.0 Å². The monoisotopic (exact) mass is 594 g/mol. The lowest BCUT2D eigenvalue weighted by atomic mass is 10.1. The van der Waals surface area contributed by atoms with Gasteiger partial charge >= 0.3 is 18.1 Å². The van der Waals surface area contributed by atoms with Crippen molar-refractivity contribution in [3.63, 3.8) is 0 Å². The normalized spacial score (nSPS) is 11.1. The number of aromatic carboxylic acids is 1. The third-order valence-electron chi connectivity index (χ3n) is 5.64. The molecular weight excluding hydrogens is 565 g/mol. The molecule has 3 rings (SSSR count). The number of aliphatic carboxylic acids is 1. The van der Waals surface area contributed by atoms with Crippen LogP contribution in [0.1, 0.15) is 53.0 Å². The van der Waals surface area contributed by atoms with Crippen molar-refractivity contribution in [1.29, 1.82) is 0 Å². The summed E-state index contributed by atoms with van der Waals surface area (Å²) in [4.78, 5) is 34.1. The van der Waals surface area contributed by atoms with Crippen molar-refractivity contribution in [2.45, 2.75) is 44.3 Å². The van der Waals surface area contributed by atoms with Gasteiger partial charge in [0.25, 0.3) is 10.0 Å². The summed E-state index contributed by atoms with van der Waals surface area (Å²) in [6.07, 6.45) is -3.26. The Bertz CT molecular complexity index is 1460. The van der Waals surface area contributed by atoms with E-state index >= 15 is 0 Å². The second kappa shape index (κ2) is 14.3. The molecule has 3 aromatic carbocycles. The van der Waals surface area contributed by atoms with Crippen LogP contribution in [0.4, 0.5) is 24.5 Å². The fourth-order valence-electron chi connectivity index (χ4n) is 3.54. The molecule has 13 heteroatoms. The number of ketones is 1. The molecular formula is C28H29F3N2O7S. The maximum absolute atomic E-state index is 13.1. The molecule has 0 amide bonds. The Morgan fingerprint density at radius 2 is 1.46 bits per heavy atom. The maximum Gasteiger partial charge on any atom is 0.490 e. The van der Waals surface area contributed by atoms with Crippen molar-refractivity contribution < 1.29 is 46.2 Å². The van der Waals surface area contributed by atoms with Gasteiger partial charge in [0.15, 0.2) is 5.78 Å². The molecule has 0 aliphatic carbocycles. The van der Waals surface area contributed by atoms with Gasteiger partial charge in [-0.1, -0.05) is 55.8 Å². The molecule has 41 heavy (non-hydrogen) atoms. The number of alkyl halides is 3. The molecule has 0 saturated carbocycles. The number of sulfonamides is 1. The molecule has 0 radical (unpaired) electrons. The molecule has 0 saturated heterocycles. The van der Waals surface area contributed by atoms with E-state index in [1.54, 1.807) is 6.07 Å². The van der Waals surface area contributed by atoms with Crippen molar-refractivity contribution in [2.75, 3.05) is 16.2 Å². The molecule has 220 valence electrons. The number of hydrogen-bond acceptors (Lipinski definition) is 6. The first-order valence-corrected chi connectivity index (χ1v) is 13.7. The highest BCUT2D eigenvalue weighted by molar-refractivity contribution is 7.92. The van der Waals surface area contributed by atoms with Crippen LogP contribution in [-0.4, -0.2) is 49.1 Å². The number of nitrogens with zero attached hydrogens (tertiary/aromatic N) is 1. The lowest BCUT2D eigenvalue weighted by Gasteiger charge is -2.28. The smallest absolute Gasteiger partial charge is 0.478 e. The fraction of sp³-hybridized carbons (Fsp3) is 0.250. The zero-order valence-electron chi connectivity index (χ0n) is 22.2. The van der Waals surface area contributed by atoms with E-state index in [9.17, 15) is 36.3 Å². The molecule has 3 N–H and O–H groups in total. The highest BCUT2D eigenvalue weighted by atomic mass is 32.2. The molecule has 0 fully saturated rings. The van der Waals surface area contributed by atoms with Gasteiger partial charge in [-0.05, 0) is 49.2 Å². The first kappa shape index (κ1) is 32.8. The van der Waals surface area contributed by atoms with E-state index in [0.29, 0.717) is 24.3 Å². The van der Waals surface area contributed by atoms with Gasteiger partial charge in [-0.2, -0.15) is 13.2 Å². The summed E-state index contributed by atoms with van der Waals surface area (Å²) < 4.78 is 60.6. The van der Waals surface area contributed by atoms with E-state index in [-0.39, 0.29) is 21.9 Å². The Labute approximate surface area is 235 Å². The predicted molar refractivity (Wildman–Crippen MR) is 147 cm³/mol. The number of anilines is 2. The molecule has 0 aliphatic heterocycles. The van der Waals surface area contributed by atoms with Crippen molar-refractivity contribution in [3.05, 3.63) is 89.5 Å². The van der Waals surface area contributed by atoms with Crippen LogP contribution in [-0.2, 0) is 21.4 Å². The predicted octanol–water partition coefficient (Wildman–Crippen LogP) is 5.83. The van der Waals surface area contributed by atoms with Crippen molar-refractivity contribution in [1.82, 2.24) is 0 Å². The summed E-state index contributed by atoms with van der Waals surface area (Å²) in [6.45, 7) is 4.68. The van der Waals surface area contributed by atoms with E-state index in [0.717, 1.165) is 18.4 Å². The van der Waals surface area contributed by atoms with Crippen LogP contribution in [0.25, 0.3) is 0 Å². The van der Waals surface area contributed by atoms with Gasteiger partial charge in [0, 0.05) is 18.7 Å². The molecule has 0 bridgehead atoms. The number of rotatable bonds is 11. The minimum atomic E-state index is -5.08. The third-order valence-corrected chi connectivity index (χ3v) is 7.02. The van der Waals surface area contributed by atoms with Gasteiger partial charge in [0.1, 0.15) is 0 Å². The van der Waals surface area contributed by atoms with Crippen molar-refractivity contribution >= 4 is 39.1 Å². The van der Waals surface area contributed by atoms with Crippen LogP contribution in [0.3, 0.4) is 0 Å². The largest absolute Gasteiger partial charge is 0.490 e. The second-order valence-corrected chi connectivity index (χ2v) is 10.5. The second-order valence-electron chi connectivity index (χ2n) is 8.79. The van der Waals surface area contributed by atoms with Gasteiger partial charge in [0.2, 0.25) is 0 Å². The van der Waals surface area contributed by atoms with Crippen molar-refractivity contribution in [2.24, 2.45) is 0 Å². The average molecular weight is 595 g/mol. The van der Waals surface area contributed by atoms with E-state index in [1.807, 2.05) is 35.2 Å². The van der Waals surface area contributed by atoms with Crippen LogP contribution in [0.2, 0.25) is 0 Å². The minimum absolute atomic E-state index is 0.0210. The third kappa shape index (κ3) is 9.94. The minimum Gasteiger partial charge on any atom is -0.478 e. The van der Waals surface area contributed by atoms with Gasteiger partial charge in [-0.15, -0.1) is 0 Å². The van der Waals surface area contributed by atoms with Crippen LogP contribution >= 0.6 is 0 Å². The van der Waals surface area contributed by atoms with Crippen LogP contribution in [0, 0.1) is 0 Å². The Morgan fingerprint density at radius 3 is 1.95 bits per heavy atom. The highest BCUT2D eigenvalue weighted by Crippen LogP contribution is 2.31. The van der Waals surface area contributed by atoms with Gasteiger partial charge in [0.05, 0.1) is 21.8 Å². The summed E-state index contributed by atoms with van der Waals surface area (Å²) in [5.41, 5.74) is 2.20. The highest BCUT2D eigenvalue weighted by Gasteiger charge is 2.38. The number of nitrogens with one attached hydrogen (secondary N) is 1. The lowest BCUT2D eigenvalue weighted by Crippen LogP contribution is -2.26. The number of halogens is 3. The number of unbranched alkanes of at least 4 members (excludes halogenated alkanes) is 1. The lowest BCUT2D eigenvalue weighted by molar-refractivity contribution is -0.192. The van der Waals surface area contributed by atoms with Crippen molar-refractivity contribution in [3.8, 4) is 0 Å². The summed E-state index contributed by atoms with van der Waals surface area (Å²) in [5, 5.41) is 16.6. The number of carboxylic acid groups (broad SMARTS) is 2. The topological polar surface area (TPSA) is 141 Å². The fourth-order valence-corrected chi connectivity index (χ4v) is 4.60. The van der Waals surface area contributed by atoms with Crippen LogP contribution < -0.4 is 9.62 Å². The number of carbonyl (C=O) groups is 3. The zero-order chi connectivity index (χ0) is 30.8. The maximum atomic E-state index is 13.1. The van der Waals surface area contributed by atoms with Crippen LogP contribution in [0.15, 0.2) is 77.7 Å². The van der Waals surface area contributed by atoms with Gasteiger partial charge < -0.3 is 15.1 Å². The van der Waals surface area contributed by atoms with E-state index in [1.165, 1.54) is 43.3 Å². The summed E-state index contributed by atoms with van der Waals surface area (Å²) in [7, 11) is -4.03. The summed E-state index contributed by atoms with van der Waals surface area (Å²) in [6, 6.07) is 19.9. The molecule has 9 nitrogen and oxygen atoms in total. The Kier molecular flexibility index (Phi) is 11.4. The molecule has 0 unspecified atom stereocenters. The molecule has 0 atom stereocenters. The number of Topliss-reactive ketones (excluding diaryl/α,β-unsaturated/α-hetero) is 1. The van der Waals surface area contributed by atoms with E-state index in [2.05, 4.69) is 11.6 Å². The van der Waals surface area contributed by atoms with E-state index in [4.69, 9.17) is 9.90 Å². The standard InChI is InChI=1S/C26H28N2O5S.C2HF3O2/c1-3-4-16-28(18-20-8-6-5-7-9-20)25-15-12-22(26(30)31)17-24(25)27-34(32,33)23-13-10-21(11-14-23)19(2)29;3-2(4,5)1(6)7/h5-15,17,27H,3-4,16,18H2,1-2H3,(H,30,31);(H,6,7). The number of benzene rings is 3. The first-order chi connectivity index (χ1) is 19.2. The quantitative estimate of drug-likeness (QED) is 0.236. The number of carboxylic acids is 2. The van der Waals surface area contributed by atoms with E-state index < -0.39 is 28.1 Å². The Morgan fingerprint density at radius 1 is 0.902 bits per heavy atom. The molecule has 3 aromatic rings. The summed E-state index contributed by atoms with van der Waals surface area (Å²) >= 11 is 0. The number of carbonyl (C=O) groups excluding carboxylic acids is 1. The zero-order valence-corrected chi connectivity index (χ0v) is 23.0.